The van der Waals surface area contributed by atoms with Gasteiger partial charge < -0.3 is 14.7 Å². The molecule has 0 spiro atoms. The van der Waals surface area contributed by atoms with E-state index >= 15 is 0 Å². The number of piperazine rings is 1. The van der Waals surface area contributed by atoms with Crippen LogP contribution in [0.4, 0.5) is 4.39 Å². The fraction of sp³-hybridized carbons (Fsp3) is 0.484. The van der Waals surface area contributed by atoms with Gasteiger partial charge in [0.15, 0.2) is 0 Å². The predicted molar refractivity (Wildman–Crippen MR) is 158 cm³/mol. The fourth-order valence-corrected chi connectivity index (χ4v) is 7.05. The molecule has 9 heteroatoms. The van der Waals surface area contributed by atoms with Gasteiger partial charge in [-0.1, -0.05) is 31.4 Å². The summed E-state index contributed by atoms with van der Waals surface area (Å²) in [6, 6.07) is 12.7. The number of aliphatic hydroxyl groups is 1. The second kappa shape index (κ2) is 12.8. The number of thiazole rings is 1. The van der Waals surface area contributed by atoms with E-state index in [0.29, 0.717) is 12.5 Å². The molecule has 1 atom stereocenters. The molecule has 2 aliphatic rings. The zero-order valence-corrected chi connectivity index (χ0v) is 23.7. The molecule has 1 aliphatic heterocycles. The molecule has 7 nitrogen and oxygen atoms in total. The molecule has 1 saturated heterocycles. The summed E-state index contributed by atoms with van der Waals surface area (Å²) in [5, 5.41) is 19.3. The first-order valence-corrected chi connectivity index (χ1v) is 15.4. The van der Waals surface area contributed by atoms with E-state index in [1.54, 1.807) is 12.1 Å². The van der Waals surface area contributed by atoms with Gasteiger partial charge in [-0.2, -0.15) is 5.10 Å². The van der Waals surface area contributed by atoms with Crippen molar-refractivity contribution in [2.24, 2.45) is 0 Å². The van der Waals surface area contributed by atoms with E-state index in [-0.39, 0.29) is 12.4 Å². The molecule has 4 aromatic rings. The summed E-state index contributed by atoms with van der Waals surface area (Å²) >= 11 is 1.82. The predicted octanol–water partition coefficient (Wildman–Crippen LogP) is 5.47. The number of nitrogens with zero attached hydrogens (tertiary/aromatic N) is 4. The Morgan fingerprint density at radius 2 is 1.80 bits per heavy atom. The number of aromatic amines is 1. The number of benzene rings is 2. The number of halogens is 1. The minimum absolute atomic E-state index is 0.233. The maximum absolute atomic E-state index is 13.3. The molecule has 0 bridgehead atoms. The van der Waals surface area contributed by atoms with Crippen LogP contribution in [0.3, 0.4) is 0 Å². The summed E-state index contributed by atoms with van der Waals surface area (Å²) in [4.78, 5) is 9.68. The quantitative estimate of drug-likeness (QED) is 0.266. The van der Waals surface area contributed by atoms with Gasteiger partial charge in [0.05, 0.1) is 21.4 Å². The fourth-order valence-electron chi connectivity index (χ4n) is 5.93. The van der Waals surface area contributed by atoms with Crippen molar-refractivity contribution in [3.8, 4) is 16.9 Å². The molecular formula is C31H38FN5O2S. The summed E-state index contributed by atoms with van der Waals surface area (Å²) in [6.07, 6.45) is 8.61. The second-order valence-electron chi connectivity index (χ2n) is 11.1. The number of H-pyrrole nitrogens is 1. The smallest absolute Gasteiger partial charge is 0.123 e. The molecular weight excluding hydrogens is 525 g/mol. The first-order valence-electron chi connectivity index (χ1n) is 14.5. The standard InChI is InChI=1S/C31H38FN5O2S/c32-24-8-6-22(7-9-24)27-19-33-35-28(27)12-13-36-14-16-37(17-15-36)20-25(38)21-39-26-10-11-30-29(18-26)34-31(40-30)23-4-2-1-3-5-23/h6-11,18-19,23,25,38H,1-5,12-17,20-21H2,(H,33,35)/t25-/m1/s1. The summed E-state index contributed by atoms with van der Waals surface area (Å²) in [6.45, 7) is 5.55. The minimum Gasteiger partial charge on any atom is -0.491 e. The third-order valence-electron chi connectivity index (χ3n) is 8.26. The van der Waals surface area contributed by atoms with Crippen LogP contribution in [0.5, 0.6) is 5.75 Å². The summed E-state index contributed by atoms with van der Waals surface area (Å²) < 4.78 is 20.5. The van der Waals surface area contributed by atoms with Crippen molar-refractivity contribution in [2.75, 3.05) is 45.9 Å². The number of aromatic nitrogens is 3. The lowest BCUT2D eigenvalue weighted by atomic mass is 9.90. The lowest BCUT2D eigenvalue weighted by Crippen LogP contribution is -2.49. The molecule has 2 fully saturated rings. The van der Waals surface area contributed by atoms with Crippen LogP contribution in [0.15, 0.2) is 48.7 Å². The van der Waals surface area contributed by atoms with Gasteiger partial charge in [0.25, 0.3) is 0 Å². The van der Waals surface area contributed by atoms with Crippen molar-refractivity contribution in [1.82, 2.24) is 25.0 Å². The van der Waals surface area contributed by atoms with Crippen LogP contribution in [-0.4, -0.2) is 82.1 Å². The lowest BCUT2D eigenvalue weighted by Gasteiger charge is -2.35. The Morgan fingerprint density at radius 1 is 1.02 bits per heavy atom. The van der Waals surface area contributed by atoms with Crippen molar-refractivity contribution < 1.29 is 14.2 Å². The Hall–Kier alpha value is -2.85. The molecule has 40 heavy (non-hydrogen) atoms. The molecule has 212 valence electrons. The van der Waals surface area contributed by atoms with Crippen molar-refractivity contribution in [3.05, 3.63) is 65.2 Å². The number of β-amino-alcohol motifs (C(OH)–C–C–N with tert-alkyl or cyclic N) is 1. The van der Waals surface area contributed by atoms with Gasteiger partial charge in [-0.3, -0.25) is 10.00 Å². The summed E-state index contributed by atoms with van der Waals surface area (Å²) in [5.74, 6) is 1.15. The highest BCUT2D eigenvalue weighted by atomic mass is 32.1. The van der Waals surface area contributed by atoms with Gasteiger partial charge in [0.1, 0.15) is 24.3 Å². The average Bonchev–Trinajstić information content (AvgIpc) is 3.64. The van der Waals surface area contributed by atoms with Gasteiger partial charge in [-0.15, -0.1) is 11.3 Å². The number of rotatable bonds is 10. The number of fused-ring (bicyclic) bond motifs is 1. The van der Waals surface area contributed by atoms with E-state index in [0.717, 1.165) is 67.2 Å². The Bertz CT molecular complexity index is 1380. The van der Waals surface area contributed by atoms with Crippen LogP contribution >= 0.6 is 11.3 Å². The maximum atomic E-state index is 13.3. The molecule has 3 heterocycles. The molecule has 6 rings (SSSR count). The SMILES string of the molecule is O[C@@H](COc1ccc2sc(C3CCCCC3)nc2c1)CN1CCN(CCc2[nH]ncc2-c2ccc(F)cc2)CC1. The third-order valence-corrected chi connectivity index (χ3v) is 9.46. The maximum Gasteiger partial charge on any atom is 0.123 e. The van der Waals surface area contributed by atoms with E-state index in [1.165, 1.54) is 53.9 Å². The molecule has 1 aliphatic carbocycles. The van der Waals surface area contributed by atoms with Gasteiger partial charge in [0, 0.05) is 68.9 Å². The number of aliphatic hydroxyl groups excluding tert-OH is 1. The van der Waals surface area contributed by atoms with Crippen molar-refractivity contribution in [1.29, 1.82) is 0 Å². The third kappa shape index (κ3) is 6.71. The molecule has 2 aromatic carbocycles. The van der Waals surface area contributed by atoms with Crippen molar-refractivity contribution in [3.63, 3.8) is 0 Å². The van der Waals surface area contributed by atoms with Crippen LogP contribution < -0.4 is 4.74 Å². The van der Waals surface area contributed by atoms with Crippen LogP contribution in [0, 0.1) is 5.82 Å². The average molecular weight is 564 g/mol. The Labute approximate surface area is 239 Å². The number of nitrogens with one attached hydrogen (secondary N) is 1. The van der Waals surface area contributed by atoms with E-state index in [9.17, 15) is 9.50 Å². The van der Waals surface area contributed by atoms with Gasteiger partial charge in [0.2, 0.25) is 0 Å². The molecule has 0 amide bonds. The van der Waals surface area contributed by atoms with E-state index in [2.05, 4.69) is 26.1 Å². The monoisotopic (exact) mass is 563 g/mol. The second-order valence-corrected chi connectivity index (χ2v) is 12.2. The Kier molecular flexibility index (Phi) is 8.72. The van der Waals surface area contributed by atoms with Crippen molar-refractivity contribution >= 4 is 21.6 Å². The van der Waals surface area contributed by atoms with Crippen LogP contribution in [-0.2, 0) is 6.42 Å². The topological polar surface area (TPSA) is 77.5 Å². The Morgan fingerprint density at radius 3 is 2.60 bits per heavy atom. The molecule has 0 unspecified atom stereocenters. The number of hydrogen-bond donors (Lipinski definition) is 2. The summed E-state index contributed by atoms with van der Waals surface area (Å²) in [7, 11) is 0. The molecule has 0 radical (unpaired) electrons. The first-order chi connectivity index (χ1) is 19.6. The number of hydrogen-bond acceptors (Lipinski definition) is 7. The van der Waals surface area contributed by atoms with Crippen molar-refractivity contribution in [2.45, 2.75) is 50.5 Å². The lowest BCUT2D eigenvalue weighted by molar-refractivity contribution is 0.0463. The normalized spacial score (nSPS) is 18.4. The summed E-state index contributed by atoms with van der Waals surface area (Å²) in [5.41, 5.74) is 4.08. The minimum atomic E-state index is -0.543. The Balaban J connectivity index is 0.932. The van der Waals surface area contributed by atoms with E-state index in [4.69, 9.17) is 9.72 Å². The van der Waals surface area contributed by atoms with Gasteiger partial charge in [-0.05, 0) is 42.7 Å². The highest BCUT2D eigenvalue weighted by molar-refractivity contribution is 7.18. The molecule has 2 aromatic heterocycles. The van der Waals surface area contributed by atoms with E-state index < -0.39 is 6.10 Å². The zero-order chi connectivity index (χ0) is 27.3. The highest BCUT2D eigenvalue weighted by Crippen LogP contribution is 2.37. The molecule has 2 N–H and O–H groups in total. The van der Waals surface area contributed by atoms with Gasteiger partial charge in [-0.25, -0.2) is 9.37 Å². The molecule has 1 saturated carbocycles. The first kappa shape index (κ1) is 27.3. The largest absolute Gasteiger partial charge is 0.491 e. The zero-order valence-electron chi connectivity index (χ0n) is 22.9. The van der Waals surface area contributed by atoms with Crippen LogP contribution in [0.25, 0.3) is 21.3 Å². The van der Waals surface area contributed by atoms with E-state index in [1.807, 2.05) is 29.7 Å². The highest BCUT2D eigenvalue weighted by Gasteiger charge is 2.21. The number of ether oxygens (including phenoxy) is 1. The van der Waals surface area contributed by atoms with Gasteiger partial charge >= 0.3 is 0 Å². The van der Waals surface area contributed by atoms with Crippen LogP contribution in [0.2, 0.25) is 0 Å². The van der Waals surface area contributed by atoms with Crippen LogP contribution in [0.1, 0.15) is 48.7 Å².